The Morgan fingerprint density at radius 2 is 1.57 bits per heavy atom. The zero-order chi connectivity index (χ0) is 27.2. The maximum Gasteiger partial charge on any atom is 0.264 e. The second-order valence-corrected chi connectivity index (χ2v) is 10.7. The molecule has 0 radical (unpaired) electrons. The molecule has 0 spiro atoms. The predicted octanol–water partition coefficient (Wildman–Crippen LogP) is 4.19. The van der Waals surface area contributed by atoms with Crippen LogP contribution >= 0.6 is 0 Å². The lowest BCUT2D eigenvalue weighted by molar-refractivity contribution is -0.139. The number of carbonyl (C=O) groups is 2. The first kappa shape index (κ1) is 27.9. The number of amides is 2. The van der Waals surface area contributed by atoms with Crippen molar-refractivity contribution in [3.05, 3.63) is 95.3 Å². The molecule has 0 saturated heterocycles. The van der Waals surface area contributed by atoms with Gasteiger partial charge in [-0.1, -0.05) is 54.1 Å². The van der Waals surface area contributed by atoms with E-state index in [0.29, 0.717) is 17.8 Å². The second kappa shape index (κ2) is 12.0. The van der Waals surface area contributed by atoms with Crippen LogP contribution in [-0.2, 0) is 26.2 Å². The number of carbonyl (C=O) groups excluding carboxylic acids is 2. The maximum atomic E-state index is 14.5. The molecule has 0 aromatic heterocycles. The topological polar surface area (TPSA) is 86.8 Å². The SMILES string of the molecule is CCNC(=O)[C@@H](C)N(Cc1ccccc1F)C(=O)CN(c1ccccc1C)S(=O)(=O)c1ccc(C)cc1. The average molecular weight is 526 g/mol. The smallest absolute Gasteiger partial charge is 0.264 e. The molecule has 3 aromatic rings. The summed E-state index contributed by atoms with van der Waals surface area (Å²) in [4.78, 5) is 27.7. The molecular weight excluding hydrogens is 493 g/mol. The Morgan fingerprint density at radius 3 is 2.19 bits per heavy atom. The van der Waals surface area contributed by atoms with Crippen LogP contribution in [0.2, 0.25) is 0 Å². The highest BCUT2D eigenvalue weighted by atomic mass is 32.2. The summed E-state index contributed by atoms with van der Waals surface area (Å²) in [6, 6.07) is 18.2. The number of halogens is 1. The first-order chi connectivity index (χ1) is 17.6. The molecule has 3 rings (SSSR count). The molecule has 1 atom stereocenters. The van der Waals surface area contributed by atoms with Gasteiger partial charge in [-0.25, -0.2) is 12.8 Å². The summed E-state index contributed by atoms with van der Waals surface area (Å²) in [6.45, 7) is 6.48. The third-order valence-electron chi connectivity index (χ3n) is 6.09. The molecule has 196 valence electrons. The van der Waals surface area contributed by atoms with E-state index >= 15 is 0 Å². The minimum atomic E-state index is -4.15. The largest absolute Gasteiger partial charge is 0.355 e. The van der Waals surface area contributed by atoms with Crippen LogP contribution in [0.25, 0.3) is 0 Å². The summed E-state index contributed by atoms with van der Waals surface area (Å²) in [6.07, 6.45) is 0. The summed E-state index contributed by atoms with van der Waals surface area (Å²) in [5, 5.41) is 2.68. The van der Waals surface area contributed by atoms with Crippen LogP contribution in [0.4, 0.5) is 10.1 Å². The molecule has 7 nitrogen and oxygen atoms in total. The van der Waals surface area contributed by atoms with Crippen molar-refractivity contribution in [1.29, 1.82) is 0 Å². The molecule has 0 bridgehead atoms. The van der Waals surface area contributed by atoms with Crippen molar-refractivity contribution in [3.8, 4) is 0 Å². The van der Waals surface area contributed by atoms with Gasteiger partial charge in [0.1, 0.15) is 18.4 Å². The normalized spacial score (nSPS) is 12.0. The minimum Gasteiger partial charge on any atom is -0.355 e. The van der Waals surface area contributed by atoms with Gasteiger partial charge in [-0.15, -0.1) is 0 Å². The van der Waals surface area contributed by atoms with Gasteiger partial charge in [-0.05, 0) is 57.5 Å². The number of hydrogen-bond donors (Lipinski definition) is 1. The first-order valence-corrected chi connectivity index (χ1v) is 13.5. The van der Waals surface area contributed by atoms with Gasteiger partial charge in [-0.2, -0.15) is 0 Å². The molecule has 9 heteroatoms. The van der Waals surface area contributed by atoms with Crippen molar-refractivity contribution >= 4 is 27.5 Å². The van der Waals surface area contributed by atoms with Gasteiger partial charge in [0.2, 0.25) is 11.8 Å². The Hall–Kier alpha value is -3.72. The Balaban J connectivity index is 2.05. The van der Waals surface area contributed by atoms with Crippen molar-refractivity contribution in [2.75, 3.05) is 17.4 Å². The van der Waals surface area contributed by atoms with Crippen LogP contribution in [0.3, 0.4) is 0 Å². The second-order valence-electron chi connectivity index (χ2n) is 8.79. The monoisotopic (exact) mass is 525 g/mol. The third kappa shape index (κ3) is 6.54. The summed E-state index contributed by atoms with van der Waals surface area (Å²) in [5.41, 5.74) is 2.11. The third-order valence-corrected chi connectivity index (χ3v) is 7.86. The molecule has 0 aliphatic carbocycles. The zero-order valence-electron chi connectivity index (χ0n) is 21.4. The van der Waals surface area contributed by atoms with E-state index in [4.69, 9.17) is 0 Å². The zero-order valence-corrected chi connectivity index (χ0v) is 22.3. The van der Waals surface area contributed by atoms with E-state index in [9.17, 15) is 22.4 Å². The Bertz CT molecular complexity index is 1360. The number of nitrogens with zero attached hydrogens (tertiary/aromatic N) is 2. The van der Waals surface area contributed by atoms with E-state index in [1.165, 1.54) is 42.2 Å². The number of anilines is 1. The van der Waals surface area contributed by atoms with Crippen LogP contribution in [0.1, 0.15) is 30.5 Å². The summed E-state index contributed by atoms with van der Waals surface area (Å²) in [5.74, 6) is -1.58. The summed E-state index contributed by atoms with van der Waals surface area (Å²) in [7, 11) is -4.15. The van der Waals surface area contributed by atoms with E-state index in [1.807, 2.05) is 6.92 Å². The highest BCUT2D eigenvalue weighted by molar-refractivity contribution is 7.92. The number of rotatable bonds is 10. The standard InChI is InChI=1S/C28H32FN3O4S/c1-5-30-28(34)22(4)31(18-23-11-7-8-12-25(23)29)27(33)19-32(26-13-9-6-10-21(26)3)37(35,36)24-16-14-20(2)15-17-24/h6-17,22H,5,18-19H2,1-4H3,(H,30,34)/t22-/m1/s1. The first-order valence-electron chi connectivity index (χ1n) is 12.0. The molecule has 1 N–H and O–H groups in total. The summed E-state index contributed by atoms with van der Waals surface area (Å²) >= 11 is 0. The lowest BCUT2D eigenvalue weighted by Gasteiger charge is -2.32. The molecule has 0 saturated carbocycles. The predicted molar refractivity (Wildman–Crippen MR) is 142 cm³/mol. The molecule has 2 amide bonds. The Labute approximate surface area is 218 Å². The number of sulfonamides is 1. The van der Waals surface area contributed by atoms with Crippen LogP contribution in [0, 0.1) is 19.7 Å². The van der Waals surface area contributed by atoms with Crippen LogP contribution in [0.5, 0.6) is 0 Å². The van der Waals surface area contributed by atoms with Gasteiger partial charge in [0.05, 0.1) is 10.6 Å². The number of benzene rings is 3. The number of likely N-dealkylation sites (N-methyl/N-ethyl adjacent to an activating group) is 1. The van der Waals surface area contributed by atoms with Gasteiger partial charge in [-0.3, -0.25) is 13.9 Å². The van der Waals surface area contributed by atoms with Gasteiger partial charge < -0.3 is 10.2 Å². The highest BCUT2D eigenvalue weighted by Crippen LogP contribution is 2.27. The van der Waals surface area contributed by atoms with Gasteiger partial charge in [0.15, 0.2) is 0 Å². The van der Waals surface area contributed by atoms with E-state index in [-0.39, 0.29) is 17.0 Å². The van der Waals surface area contributed by atoms with Crippen LogP contribution < -0.4 is 9.62 Å². The fourth-order valence-electron chi connectivity index (χ4n) is 3.91. The molecular formula is C28H32FN3O4S. The van der Waals surface area contributed by atoms with E-state index < -0.39 is 40.2 Å². The van der Waals surface area contributed by atoms with Crippen molar-refractivity contribution in [3.63, 3.8) is 0 Å². The fourth-order valence-corrected chi connectivity index (χ4v) is 5.39. The lowest BCUT2D eigenvalue weighted by Crippen LogP contribution is -2.51. The van der Waals surface area contributed by atoms with Gasteiger partial charge in [0, 0.05) is 18.7 Å². The molecule has 0 unspecified atom stereocenters. The molecule has 0 aliphatic rings. The molecule has 0 heterocycles. The average Bonchev–Trinajstić information content (AvgIpc) is 2.87. The Kier molecular flexibility index (Phi) is 9.04. The number of aryl methyl sites for hydroxylation is 2. The van der Waals surface area contributed by atoms with Crippen molar-refractivity contribution < 1.29 is 22.4 Å². The maximum absolute atomic E-state index is 14.5. The van der Waals surface area contributed by atoms with Crippen molar-refractivity contribution in [2.45, 2.75) is 45.2 Å². The van der Waals surface area contributed by atoms with Gasteiger partial charge in [0.25, 0.3) is 10.0 Å². The van der Waals surface area contributed by atoms with E-state index in [1.54, 1.807) is 56.3 Å². The van der Waals surface area contributed by atoms with Crippen LogP contribution in [-0.4, -0.2) is 44.3 Å². The Morgan fingerprint density at radius 1 is 0.946 bits per heavy atom. The fraction of sp³-hybridized carbons (Fsp3) is 0.286. The number of hydrogen-bond acceptors (Lipinski definition) is 4. The molecule has 37 heavy (non-hydrogen) atoms. The van der Waals surface area contributed by atoms with Crippen molar-refractivity contribution in [2.24, 2.45) is 0 Å². The summed E-state index contributed by atoms with van der Waals surface area (Å²) < 4.78 is 43.1. The minimum absolute atomic E-state index is 0.0339. The highest BCUT2D eigenvalue weighted by Gasteiger charge is 2.33. The quantitative estimate of drug-likeness (QED) is 0.430. The van der Waals surface area contributed by atoms with E-state index in [2.05, 4.69) is 5.32 Å². The van der Waals surface area contributed by atoms with Crippen molar-refractivity contribution in [1.82, 2.24) is 10.2 Å². The number of para-hydroxylation sites is 1. The number of nitrogens with one attached hydrogen (secondary N) is 1. The van der Waals surface area contributed by atoms with Gasteiger partial charge >= 0.3 is 0 Å². The van der Waals surface area contributed by atoms with E-state index in [0.717, 1.165) is 9.87 Å². The molecule has 0 fully saturated rings. The van der Waals surface area contributed by atoms with Crippen LogP contribution in [0.15, 0.2) is 77.7 Å². The molecule has 0 aliphatic heterocycles. The molecule has 3 aromatic carbocycles. The lowest BCUT2D eigenvalue weighted by atomic mass is 10.1.